The lowest BCUT2D eigenvalue weighted by Crippen LogP contribution is -2.46. The minimum atomic E-state index is -4.99. The Morgan fingerprint density at radius 3 is 2.30 bits per heavy atom. The predicted molar refractivity (Wildman–Crippen MR) is 99.2 cm³/mol. The fourth-order valence-electron chi connectivity index (χ4n) is 2.48. The van der Waals surface area contributed by atoms with Crippen LogP contribution in [0.5, 0.6) is 5.75 Å². The fourth-order valence-corrected chi connectivity index (χ4v) is 4.93. The highest BCUT2D eigenvalue weighted by Gasteiger charge is 2.59. The smallest absolute Gasteiger partial charge is 0.389 e. The van der Waals surface area contributed by atoms with Gasteiger partial charge >= 0.3 is 19.2 Å². The number of carboxylic acids is 1. The van der Waals surface area contributed by atoms with Crippen molar-refractivity contribution in [2.45, 2.75) is 51.9 Å². The zero-order valence-corrected chi connectivity index (χ0v) is 16.7. The lowest BCUT2D eigenvalue weighted by molar-refractivity contribution is -0.141. The van der Waals surface area contributed by atoms with Crippen molar-refractivity contribution in [1.29, 1.82) is 0 Å². The van der Waals surface area contributed by atoms with Gasteiger partial charge in [-0.3, -0.25) is 9.36 Å². The SMILES string of the molecule is C/C(=C\CC(F)(F)P(=O)(Oc1ccccc1)N(C(C)C)[C@@H](C)C(=O)O)CO. The number of alkyl halides is 2. The summed E-state index contributed by atoms with van der Waals surface area (Å²) in [5, 5.41) is 18.4. The van der Waals surface area contributed by atoms with Gasteiger partial charge in [-0.2, -0.15) is 8.78 Å². The van der Waals surface area contributed by atoms with Crippen LogP contribution in [0.1, 0.15) is 34.1 Å². The second-order valence-corrected chi connectivity index (χ2v) is 8.83. The molecule has 0 heterocycles. The molecule has 2 atom stereocenters. The van der Waals surface area contributed by atoms with Crippen LogP contribution in [0.3, 0.4) is 0 Å². The Balaban J connectivity index is 3.49. The summed E-state index contributed by atoms with van der Waals surface area (Å²) in [6.45, 7) is 5.18. The van der Waals surface area contributed by atoms with E-state index in [0.717, 1.165) is 10.7 Å². The Hall–Kier alpha value is -1.76. The third kappa shape index (κ3) is 5.61. The molecule has 152 valence electrons. The zero-order chi connectivity index (χ0) is 20.8. The van der Waals surface area contributed by atoms with E-state index in [1.165, 1.54) is 52.0 Å². The molecule has 0 aliphatic heterocycles. The van der Waals surface area contributed by atoms with E-state index in [-0.39, 0.29) is 11.3 Å². The molecule has 0 aromatic heterocycles. The minimum Gasteiger partial charge on any atom is -0.480 e. The maximum Gasteiger partial charge on any atom is 0.389 e. The molecule has 1 unspecified atom stereocenters. The molecule has 1 rings (SSSR count). The highest BCUT2D eigenvalue weighted by molar-refractivity contribution is 7.58. The van der Waals surface area contributed by atoms with Crippen molar-refractivity contribution in [2.75, 3.05) is 6.61 Å². The van der Waals surface area contributed by atoms with E-state index in [2.05, 4.69) is 0 Å². The Kier molecular flexibility index (Phi) is 8.14. The Morgan fingerprint density at radius 1 is 1.30 bits per heavy atom. The fraction of sp³-hybridized carbons (Fsp3) is 0.500. The first-order valence-electron chi connectivity index (χ1n) is 8.47. The Bertz CT molecular complexity index is 709. The van der Waals surface area contributed by atoms with Crippen molar-refractivity contribution in [2.24, 2.45) is 0 Å². The summed E-state index contributed by atoms with van der Waals surface area (Å²) in [6, 6.07) is 5.21. The normalized spacial score (nSPS) is 16.3. The molecule has 1 aromatic carbocycles. The molecule has 0 bridgehead atoms. The van der Waals surface area contributed by atoms with Gasteiger partial charge < -0.3 is 14.7 Å². The van der Waals surface area contributed by atoms with Crippen molar-refractivity contribution >= 4 is 13.5 Å². The molecule has 1 aromatic rings. The second-order valence-electron chi connectivity index (χ2n) is 6.49. The van der Waals surface area contributed by atoms with Gasteiger partial charge in [0.1, 0.15) is 11.8 Å². The number of hydrogen-bond acceptors (Lipinski definition) is 4. The van der Waals surface area contributed by atoms with E-state index < -0.39 is 44.3 Å². The largest absolute Gasteiger partial charge is 0.480 e. The molecule has 9 heteroatoms. The van der Waals surface area contributed by atoms with Gasteiger partial charge in [0.2, 0.25) is 0 Å². The summed E-state index contributed by atoms with van der Waals surface area (Å²) in [5.74, 6) is -1.44. The Labute approximate surface area is 158 Å². The summed E-state index contributed by atoms with van der Waals surface area (Å²) in [7, 11) is -4.99. The summed E-state index contributed by atoms with van der Waals surface area (Å²) < 4.78 is 49.9. The third-order valence-electron chi connectivity index (χ3n) is 3.92. The number of benzene rings is 1. The van der Waals surface area contributed by atoms with E-state index in [1.807, 2.05) is 0 Å². The lowest BCUT2D eigenvalue weighted by Gasteiger charge is -2.39. The van der Waals surface area contributed by atoms with Crippen LogP contribution in [-0.4, -0.2) is 45.2 Å². The molecule has 0 radical (unpaired) electrons. The first-order valence-corrected chi connectivity index (χ1v) is 10.0. The topological polar surface area (TPSA) is 87.1 Å². The number of rotatable bonds is 10. The number of carboxylic acid groups (broad SMARTS) is 1. The molecule has 0 saturated carbocycles. The molecule has 0 spiro atoms. The van der Waals surface area contributed by atoms with Gasteiger partial charge in [0, 0.05) is 12.5 Å². The van der Waals surface area contributed by atoms with Crippen LogP contribution in [0, 0.1) is 0 Å². The third-order valence-corrected chi connectivity index (χ3v) is 6.80. The summed E-state index contributed by atoms with van der Waals surface area (Å²) in [4.78, 5) is 11.5. The summed E-state index contributed by atoms with van der Waals surface area (Å²) >= 11 is 0. The number of nitrogens with zero attached hydrogens (tertiary/aromatic N) is 1. The van der Waals surface area contributed by atoms with Crippen molar-refractivity contribution in [3.63, 3.8) is 0 Å². The molecule has 27 heavy (non-hydrogen) atoms. The molecule has 0 fully saturated rings. The van der Waals surface area contributed by atoms with Crippen LogP contribution in [0.25, 0.3) is 0 Å². The molecule has 0 saturated heterocycles. The first kappa shape index (κ1) is 23.3. The van der Waals surface area contributed by atoms with Gasteiger partial charge in [-0.25, -0.2) is 4.67 Å². The minimum absolute atomic E-state index is 0.0494. The average Bonchev–Trinajstić information content (AvgIpc) is 2.59. The number of hydrogen-bond donors (Lipinski definition) is 2. The van der Waals surface area contributed by atoms with E-state index in [0.29, 0.717) is 0 Å². The molecular weight excluding hydrogens is 379 g/mol. The van der Waals surface area contributed by atoms with Crippen molar-refractivity contribution in [3.8, 4) is 5.75 Å². The molecule has 0 amide bonds. The quantitative estimate of drug-likeness (QED) is 0.444. The van der Waals surface area contributed by atoms with E-state index in [4.69, 9.17) is 9.63 Å². The molecule has 0 aliphatic rings. The van der Waals surface area contributed by atoms with Gasteiger partial charge in [0.25, 0.3) is 0 Å². The van der Waals surface area contributed by atoms with Crippen LogP contribution < -0.4 is 4.52 Å². The monoisotopic (exact) mass is 405 g/mol. The molecule has 0 aliphatic carbocycles. The van der Waals surface area contributed by atoms with Crippen molar-refractivity contribution < 1.29 is 32.9 Å². The van der Waals surface area contributed by atoms with Gasteiger partial charge in [0.15, 0.2) is 0 Å². The zero-order valence-electron chi connectivity index (χ0n) is 15.8. The van der Waals surface area contributed by atoms with Crippen LogP contribution in [0.15, 0.2) is 42.0 Å². The average molecular weight is 405 g/mol. The molecule has 6 nitrogen and oxygen atoms in total. The number of aliphatic hydroxyl groups is 1. The van der Waals surface area contributed by atoms with E-state index in [9.17, 15) is 14.5 Å². The molecular formula is C18H26F2NO5P. The molecule has 2 N–H and O–H groups in total. The van der Waals surface area contributed by atoms with Gasteiger partial charge in [0.05, 0.1) is 6.61 Å². The van der Waals surface area contributed by atoms with Crippen LogP contribution in [-0.2, 0) is 9.36 Å². The maximum absolute atomic E-state index is 15.1. The Morgan fingerprint density at radius 2 is 1.85 bits per heavy atom. The highest BCUT2D eigenvalue weighted by Crippen LogP contribution is 2.66. The van der Waals surface area contributed by atoms with Crippen LogP contribution in [0.4, 0.5) is 8.78 Å². The van der Waals surface area contributed by atoms with Crippen molar-refractivity contribution in [1.82, 2.24) is 4.67 Å². The number of allylic oxidation sites excluding steroid dienone is 1. The van der Waals surface area contributed by atoms with Gasteiger partial charge in [-0.1, -0.05) is 29.8 Å². The number of aliphatic hydroxyl groups excluding tert-OH is 1. The number of carbonyl (C=O) groups is 1. The number of halogens is 2. The highest BCUT2D eigenvalue weighted by atomic mass is 31.2. The maximum atomic E-state index is 15.1. The lowest BCUT2D eigenvalue weighted by atomic mass is 10.2. The van der Waals surface area contributed by atoms with Crippen LogP contribution >= 0.6 is 7.52 Å². The van der Waals surface area contributed by atoms with Crippen LogP contribution in [0.2, 0.25) is 0 Å². The van der Waals surface area contributed by atoms with Gasteiger partial charge in [-0.15, -0.1) is 0 Å². The van der Waals surface area contributed by atoms with Gasteiger partial charge in [-0.05, 0) is 39.8 Å². The first-order chi connectivity index (χ1) is 12.5. The van der Waals surface area contributed by atoms with E-state index in [1.54, 1.807) is 6.07 Å². The predicted octanol–water partition coefficient (Wildman–Crippen LogP) is 4.36. The second kappa shape index (κ2) is 9.44. The number of para-hydroxylation sites is 1. The van der Waals surface area contributed by atoms with E-state index >= 15 is 8.78 Å². The van der Waals surface area contributed by atoms with Crippen molar-refractivity contribution in [3.05, 3.63) is 42.0 Å². The standard InChI is InChI=1S/C18H26F2NO5P/c1-13(2)21(15(4)17(23)24)27(25,26-16-8-6-5-7-9-16)18(19,20)11-10-14(3)12-22/h5-10,13,15,22H,11-12H2,1-4H3,(H,23,24)/b14-10+/t15-,27?/m0/s1. The summed E-state index contributed by atoms with van der Waals surface area (Å²) in [6.07, 6.45) is 0.115. The number of aliphatic carboxylic acids is 1. The summed E-state index contributed by atoms with van der Waals surface area (Å²) in [5.41, 5.74) is -3.60.